The molecule has 0 radical (unpaired) electrons. The molecule has 33 heavy (non-hydrogen) atoms. The van der Waals surface area contributed by atoms with E-state index in [0.717, 1.165) is 9.18 Å². The molecule has 0 aromatic carbocycles. The minimum absolute atomic E-state index is 0.107. The second-order valence-electron chi connectivity index (χ2n) is 8.24. The molecule has 0 saturated carbocycles. The smallest absolute Gasteiger partial charge is 0.264 e. The number of nitrogens with one attached hydrogen (secondary N) is 1. The van der Waals surface area contributed by atoms with Crippen LogP contribution in [0.2, 0.25) is 0 Å². The fourth-order valence-corrected chi connectivity index (χ4v) is 6.43. The summed E-state index contributed by atoms with van der Waals surface area (Å²) < 4.78 is 26.8. The number of hydrogen-bond acceptors (Lipinski definition) is 7. The van der Waals surface area contributed by atoms with Crippen LogP contribution >= 0.6 is 11.3 Å². The van der Waals surface area contributed by atoms with E-state index >= 15 is 0 Å². The van der Waals surface area contributed by atoms with Gasteiger partial charge in [-0.1, -0.05) is 6.07 Å². The Balaban J connectivity index is 1.42. The number of amides is 2. The van der Waals surface area contributed by atoms with Crippen LogP contribution in [-0.4, -0.2) is 71.9 Å². The van der Waals surface area contributed by atoms with Gasteiger partial charge >= 0.3 is 0 Å². The Morgan fingerprint density at radius 2 is 1.91 bits per heavy atom. The van der Waals surface area contributed by atoms with Gasteiger partial charge in [-0.25, -0.2) is 13.4 Å². The normalized spacial score (nSPS) is 22.2. The zero-order valence-electron chi connectivity index (χ0n) is 18.3. The van der Waals surface area contributed by atoms with Crippen molar-refractivity contribution in [3.05, 3.63) is 46.3 Å². The van der Waals surface area contributed by atoms with Crippen LogP contribution in [0.3, 0.4) is 0 Å². The van der Waals surface area contributed by atoms with E-state index < -0.39 is 22.1 Å². The average molecular weight is 491 g/mol. The van der Waals surface area contributed by atoms with Crippen molar-refractivity contribution in [1.29, 1.82) is 0 Å². The molecule has 0 spiro atoms. The molecule has 1 unspecified atom stereocenters. The van der Waals surface area contributed by atoms with Crippen LogP contribution in [0.4, 0.5) is 0 Å². The molecular weight excluding hydrogens is 464 g/mol. The maximum Gasteiger partial charge on any atom is 0.264 e. The van der Waals surface area contributed by atoms with Crippen molar-refractivity contribution >= 4 is 39.0 Å². The van der Waals surface area contributed by atoms with Crippen molar-refractivity contribution in [1.82, 2.24) is 19.5 Å². The number of rotatable bonds is 5. The first-order chi connectivity index (χ1) is 15.8. The number of carbonyl (C=O) groups excluding carboxylic acids is 3. The lowest BCUT2D eigenvalue weighted by Gasteiger charge is -2.25. The highest BCUT2D eigenvalue weighted by atomic mass is 32.2. The largest absolute Gasteiger partial charge is 0.344 e. The van der Waals surface area contributed by atoms with Crippen molar-refractivity contribution in [2.45, 2.75) is 49.7 Å². The Labute approximate surface area is 196 Å². The summed E-state index contributed by atoms with van der Waals surface area (Å²) in [6.45, 7) is 2.25. The molecule has 2 saturated heterocycles. The second kappa shape index (κ2) is 9.70. The van der Waals surface area contributed by atoms with Gasteiger partial charge in [-0.3, -0.25) is 14.4 Å². The fraction of sp³-hybridized carbons (Fsp3) is 0.455. The van der Waals surface area contributed by atoms with Crippen molar-refractivity contribution < 1.29 is 22.8 Å². The lowest BCUT2D eigenvalue weighted by Crippen LogP contribution is -2.51. The van der Waals surface area contributed by atoms with E-state index in [1.807, 2.05) is 13.0 Å². The lowest BCUT2D eigenvalue weighted by molar-refractivity contribution is -0.130. The van der Waals surface area contributed by atoms with Gasteiger partial charge in [0.15, 0.2) is 10.8 Å². The summed E-state index contributed by atoms with van der Waals surface area (Å²) in [4.78, 5) is 45.9. The minimum atomic E-state index is -3.90. The maximum absolute atomic E-state index is 13.0. The standard InChI is InChI=1S/C22H26N4O5S2/c1-15-9-10-19(32-15)22(29)26-13-5-7-17(26)21(28)24-16-6-4-12-25(14-18(16)27)33(30,31)20-8-2-3-11-23-20/h2-3,8-11,16-17H,4-7,12-14H2,1H3,(H,24,28)/t16?,17-/m0/s1. The van der Waals surface area contributed by atoms with Gasteiger partial charge in [-0.2, -0.15) is 4.31 Å². The lowest BCUT2D eigenvalue weighted by atomic mass is 10.1. The van der Waals surface area contributed by atoms with Crippen LogP contribution in [0.1, 0.15) is 40.2 Å². The maximum atomic E-state index is 13.0. The number of sulfonamides is 1. The molecule has 176 valence electrons. The summed E-state index contributed by atoms with van der Waals surface area (Å²) in [5.41, 5.74) is 0. The fourth-order valence-electron chi connectivity index (χ4n) is 4.23. The summed E-state index contributed by atoms with van der Waals surface area (Å²) in [6, 6.07) is 6.81. The van der Waals surface area contributed by atoms with Crippen LogP contribution in [0.15, 0.2) is 41.6 Å². The van der Waals surface area contributed by atoms with E-state index in [9.17, 15) is 22.8 Å². The SMILES string of the molecule is Cc1ccc(C(=O)N2CCC[C@H]2C(=O)NC2CCCN(S(=O)(=O)c3ccccn3)CC2=O)s1. The number of nitrogens with zero attached hydrogens (tertiary/aromatic N) is 3. The number of hydrogen-bond donors (Lipinski definition) is 1. The third-order valence-electron chi connectivity index (χ3n) is 5.95. The van der Waals surface area contributed by atoms with Crippen molar-refractivity contribution in [2.24, 2.45) is 0 Å². The van der Waals surface area contributed by atoms with E-state index in [0.29, 0.717) is 37.1 Å². The number of Topliss-reactive ketones (excluding diaryl/α,β-unsaturated/α-hetero) is 1. The number of pyridine rings is 1. The minimum Gasteiger partial charge on any atom is -0.344 e. The molecule has 2 aliphatic rings. The molecule has 1 N–H and O–H groups in total. The Bertz CT molecular complexity index is 1150. The number of ketones is 1. The molecule has 0 bridgehead atoms. The zero-order valence-corrected chi connectivity index (χ0v) is 19.9. The Morgan fingerprint density at radius 1 is 1.12 bits per heavy atom. The number of aryl methyl sites for hydroxylation is 1. The van der Waals surface area contributed by atoms with Gasteiger partial charge in [0, 0.05) is 24.2 Å². The van der Waals surface area contributed by atoms with E-state index in [-0.39, 0.29) is 35.7 Å². The zero-order chi connectivity index (χ0) is 23.6. The van der Waals surface area contributed by atoms with Gasteiger partial charge in [0.25, 0.3) is 15.9 Å². The van der Waals surface area contributed by atoms with Crippen LogP contribution in [0.5, 0.6) is 0 Å². The van der Waals surface area contributed by atoms with E-state index in [1.165, 1.54) is 23.6 Å². The van der Waals surface area contributed by atoms with Crippen molar-refractivity contribution in [3.8, 4) is 0 Å². The molecule has 2 atom stereocenters. The van der Waals surface area contributed by atoms with Crippen LogP contribution in [-0.2, 0) is 19.6 Å². The molecule has 2 aliphatic heterocycles. The molecule has 2 aromatic rings. The first kappa shape index (κ1) is 23.5. The third kappa shape index (κ3) is 4.99. The molecule has 4 heterocycles. The van der Waals surface area contributed by atoms with Crippen LogP contribution in [0, 0.1) is 6.92 Å². The molecule has 11 heteroatoms. The Kier molecular flexibility index (Phi) is 6.91. The Morgan fingerprint density at radius 3 is 2.61 bits per heavy atom. The first-order valence-electron chi connectivity index (χ1n) is 10.9. The third-order valence-corrected chi connectivity index (χ3v) is 8.70. The summed E-state index contributed by atoms with van der Waals surface area (Å²) in [6.07, 6.45) is 3.39. The van der Waals surface area contributed by atoms with Crippen LogP contribution in [0.25, 0.3) is 0 Å². The van der Waals surface area contributed by atoms with E-state index in [2.05, 4.69) is 10.3 Å². The van der Waals surface area contributed by atoms with E-state index in [4.69, 9.17) is 0 Å². The molecule has 9 nitrogen and oxygen atoms in total. The predicted octanol–water partition coefficient (Wildman–Crippen LogP) is 1.59. The van der Waals surface area contributed by atoms with Gasteiger partial charge in [0.2, 0.25) is 5.91 Å². The molecule has 4 rings (SSSR count). The summed E-state index contributed by atoms with van der Waals surface area (Å²) in [7, 11) is -3.90. The summed E-state index contributed by atoms with van der Waals surface area (Å²) in [5.74, 6) is -0.913. The van der Waals surface area contributed by atoms with Crippen LogP contribution < -0.4 is 5.32 Å². The molecule has 2 fully saturated rings. The number of carbonyl (C=O) groups is 3. The predicted molar refractivity (Wildman–Crippen MR) is 122 cm³/mol. The number of aromatic nitrogens is 1. The topological polar surface area (TPSA) is 117 Å². The molecular formula is C22H26N4O5S2. The summed E-state index contributed by atoms with van der Waals surface area (Å²) >= 11 is 1.39. The van der Waals surface area contributed by atoms with E-state index in [1.54, 1.807) is 23.1 Å². The number of likely N-dealkylation sites (tertiary alicyclic amines) is 1. The first-order valence-corrected chi connectivity index (χ1v) is 13.1. The van der Waals surface area contributed by atoms with Crippen molar-refractivity contribution in [3.63, 3.8) is 0 Å². The van der Waals surface area contributed by atoms with Crippen molar-refractivity contribution in [2.75, 3.05) is 19.6 Å². The second-order valence-corrected chi connectivity index (χ2v) is 11.4. The van der Waals surface area contributed by atoms with Gasteiger partial charge in [0.1, 0.15) is 6.04 Å². The number of thiophene rings is 1. The summed E-state index contributed by atoms with van der Waals surface area (Å²) in [5, 5.41) is 2.68. The molecule has 0 aliphatic carbocycles. The van der Waals surface area contributed by atoms with Gasteiger partial charge in [-0.05, 0) is 56.9 Å². The Hall–Kier alpha value is -2.63. The highest BCUT2D eigenvalue weighted by Crippen LogP contribution is 2.25. The molecule has 2 aromatic heterocycles. The monoisotopic (exact) mass is 490 g/mol. The average Bonchev–Trinajstić information content (AvgIpc) is 3.42. The highest BCUT2D eigenvalue weighted by Gasteiger charge is 2.38. The quantitative estimate of drug-likeness (QED) is 0.680. The highest BCUT2D eigenvalue weighted by molar-refractivity contribution is 7.89. The molecule has 2 amide bonds. The van der Waals surface area contributed by atoms with Gasteiger partial charge in [-0.15, -0.1) is 11.3 Å². The van der Waals surface area contributed by atoms with Gasteiger partial charge < -0.3 is 10.2 Å². The van der Waals surface area contributed by atoms with Gasteiger partial charge in [0.05, 0.1) is 17.5 Å².